The van der Waals surface area contributed by atoms with E-state index in [0.29, 0.717) is 5.91 Å². The third-order valence-corrected chi connectivity index (χ3v) is 9.39. The molecule has 182 valence electrons. The average Bonchev–Trinajstić information content (AvgIpc) is 3.29. The number of aryl methyl sites for hydroxylation is 1. The Morgan fingerprint density at radius 1 is 0.939 bits per heavy atom. The van der Waals surface area contributed by atoms with E-state index < -0.39 is 0 Å². The fourth-order valence-electron chi connectivity index (χ4n) is 7.33. The summed E-state index contributed by atoms with van der Waals surface area (Å²) in [7, 11) is 0. The van der Waals surface area contributed by atoms with Crippen LogP contribution in [0.4, 0.5) is 11.4 Å². The maximum atomic E-state index is 13.6. The molecule has 1 aromatic rings. The summed E-state index contributed by atoms with van der Waals surface area (Å²) in [6.07, 6.45) is 13.8. The van der Waals surface area contributed by atoms with Gasteiger partial charge in [-0.1, -0.05) is 39.0 Å². The molecular formula is C29H44N2O2. The smallest absolute Gasteiger partial charge is 0.233 e. The lowest BCUT2D eigenvalue weighted by Gasteiger charge is -2.44. The van der Waals surface area contributed by atoms with E-state index in [2.05, 4.69) is 41.8 Å². The number of carbonyl (C=O) groups is 1. The van der Waals surface area contributed by atoms with Gasteiger partial charge in [0.2, 0.25) is 5.91 Å². The first-order chi connectivity index (χ1) is 16.1. The van der Waals surface area contributed by atoms with Crippen LogP contribution in [0.3, 0.4) is 0 Å². The van der Waals surface area contributed by atoms with E-state index in [1.165, 1.54) is 69.3 Å². The normalized spacial score (nSPS) is 31.0. The quantitative estimate of drug-likeness (QED) is 0.535. The summed E-state index contributed by atoms with van der Waals surface area (Å²) < 4.78 is 5.58. The molecule has 4 nitrogen and oxygen atoms in total. The number of piperidine rings is 1. The Balaban J connectivity index is 1.27. The molecular weight excluding hydrogens is 408 g/mol. The van der Waals surface area contributed by atoms with Gasteiger partial charge in [-0.25, -0.2) is 0 Å². The second-order valence-corrected chi connectivity index (χ2v) is 11.7. The van der Waals surface area contributed by atoms with Gasteiger partial charge in [0.1, 0.15) is 0 Å². The fraction of sp³-hybridized carbons (Fsp3) is 0.759. The molecule has 0 N–H and O–H groups in total. The molecule has 3 atom stereocenters. The van der Waals surface area contributed by atoms with Gasteiger partial charge >= 0.3 is 0 Å². The minimum absolute atomic E-state index is 0.182. The summed E-state index contributed by atoms with van der Waals surface area (Å²) in [4.78, 5) is 18.3. The van der Waals surface area contributed by atoms with Crippen LogP contribution in [-0.4, -0.2) is 38.8 Å². The number of nitrogens with zero attached hydrogens (tertiary/aromatic N) is 2. The zero-order valence-corrected chi connectivity index (χ0v) is 21.0. The molecule has 4 heteroatoms. The van der Waals surface area contributed by atoms with Crippen LogP contribution in [0.15, 0.2) is 18.2 Å². The van der Waals surface area contributed by atoms with Gasteiger partial charge in [-0.2, -0.15) is 0 Å². The second kappa shape index (κ2) is 9.98. The summed E-state index contributed by atoms with van der Waals surface area (Å²) in [5, 5.41) is 0. The van der Waals surface area contributed by atoms with E-state index in [-0.39, 0.29) is 5.41 Å². The van der Waals surface area contributed by atoms with Crippen molar-refractivity contribution in [3.8, 4) is 0 Å². The molecule has 3 heterocycles. The van der Waals surface area contributed by atoms with Crippen LogP contribution in [0.2, 0.25) is 0 Å². The zero-order valence-electron chi connectivity index (χ0n) is 21.0. The molecule has 5 rings (SSSR count). The molecule has 33 heavy (non-hydrogen) atoms. The topological polar surface area (TPSA) is 32.8 Å². The summed E-state index contributed by atoms with van der Waals surface area (Å²) >= 11 is 0. The third kappa shape index (κ3) is 4.83. The van der Waals surface area contributed by atoms with Crippen LogP contribution in [0.1, 0.15) is 83.1 Å². The lowest BCUT2D eigenvalue weighted by molar-refractivity contribution is -0.136. The first-order valence-corrected chi connectivity index (χ1v) is 13.8. The number of hydrogen-bond donors (Lipinski definition) is 0. The van der Waals surface area contributed by atoms with Crippen molar-refractivity contribution >= 4 is 17.3 Å². The van der Waals surface area contributed by atoms with Crippen molar-refractivity contribution in [3.05, 3.63) is 23.8 Å². The summed E-state index contributed by atoms with van der Waals surface area (Å²) in [6, 6.07) is 6.85. The van der Waals surface area contributed by atoms with Gasteiger partial charge in [-0.3, -0.25) is 4.79 Å². The Bertz CT molecular complexity index is 825. The van der Waals surface area contributed by atoms with E-state index in [1.54, 1.807) is 0 Å². The van der Waals surface area contributed by atoms with Crippen LogP contribution in [0.25, 0.3) is 0 Å². The first kappa shape index (κ1) is 23.2. The Hall–Kier alpha value is -1.55. The van der Waals surface area contributed by atoms with Gasteiger partial charge in [0, 0.05) is 44.2 Å². The summed E-state index contributed by atoms with van der Waals surface area (Å²) in [5.41, 5.74) is 3.54. The number of rotatable bonds is 3. The van der Waals surface area contributed by atoms with Crippen molar-refractivity contribution in [2.75, 3.05) is 42.6 Å². The van der Waals surface area contributed by atoms with E-state index in [9.17, 15) is 4.79 Å². The van der Waals surface area contributed by atoms with E-state index in [0.717, 1.165) is 68.9 Å². The highest BCUT2D eigenvalue weighted by Gasteiger charge is 2.45. The standard InChI is InChI=1S/C29H44N2O2/c1-22-7-4-3-5-8-24(19-22)25-11-16-30(21-25)26-9-10-27(23(2)20-26)31-15-6-12-29(28(31)32)13-17-33-18-14-29/h9-10,20,22,24-25H,3-8,11-19,21H2,1-2H3. The number of amides is 1. The lowest BCUT2D eigenvalue weighted by atomic mass is 9.73. The van der Waals surface area contributed by atoms with Crippen LogP contribution in [0, 0.1) is 30.1 Å². The number of carbonyl (C=O) groups excluding carboxylic acids is 1. The summed E-state index contributed by atoms with van der Waals surface area (Å²) in [6.45, 7) is 9.37. The van der Waals surface area contributed by atoms with Crippen LogP contribution >= 0.6 is 0 Å². The SMILES string of the molecule is Cc1cc(N2CCC(C3CCCCCC(C)C3)C2)ccc1N1CCCC2(CCOCC2)C1=O. The molecule has 1 aromatic carbocycles. The van der Waals surface area contributed by atoms with E-state index in [4.69, 9.17) is 4.74 Å². The molecule has 0 aromatic heterocycles. The summed E-state index contributed by atoms with van der Waals surface area (Å²) in [5.74, 6) is 2.99. The molecule has 1 amide bonds. The molecule has 3 aliphatic heterocycles. The molecule has 1 saturated carbocycles. The van der Waals surface area contributed by atoms with Crippen molar-refractivity contribution in [3.63, 3.8) is 0 Å². The van der Waals surface area contributed by atoms with Gasteiger partial charge < -0.3 is 14.5 Å². The zero-order chi connectivity index (χ0) is 22.8. The van der Waals surface area contributed by atoms with Crippen molar-refractivity contribution < 1.29 is 9.53 Å². The van der Waals surface area contributed by atoms with Gasteiger partial charge in [-0.05, 0) is 87.0 Å². The highest BCUT2D eigenvalue weighted by atomic mass is 16.5. The highest BCUT2D eigenvalue weighted by Crippen LogP contribution is 2.43. The molecule has 1 spiro atoms. The van der Waals surface area contributed by atoms with Gasteiger partial charge in [0.15, 0.2) is 0 Å². The average molecular weight is 453 g/mol. The number of anilines is 2. The monoisotopic (exact) mass is 452 g/mol. The Labute approximate surface area is 201 Å². The molecule has 0 radical (unpaired) electrons. The Morgan fingerprint density at radius 2 is 1.76 bits per heavy atom. The fourth-order valence-corrected chi connectivity index (χ4v) is 7.33. The number of hydrogen-bond acceptors (Lipinski definition) is 3. The van der Waals surface area contributed by atoms with E-state index >= 15 is 0 Å². The minimum Gasteiger partial charge on any atom is -0.381 e. The molecule has 1 aliphatic carbocycles. The van der Waals surface area contributed by atoms with Crippen LogP contribution < -0.4 is 9.80 Å². The maximum Gasteiger partial charge on any atom is 0.233 e. The van der Waals surface area contributed by atoms with Crippen molar-refractivity contribution in [1.29, 1.82) is 0 Å². The van der Waals surface area contributed by atoms with Crippen molar-refractivity contribution in [1.82, 2.24) is 0 Å². The Morgan fingerprint density at radius 3 is 2.58 bits per heavy atom. The Kier molecular flexibility index (Phi) is 7.02. The minimum atomic E-state index is -0.182. The van der Waals surface area contributed by atoms with Crippen molar-refractivity contribution in [2.45, 2.75) is 84.5 Å². The molecule has 4 aliphatic rings. The lowest BCUT2D eigenvalue weighted by Crippen LogP contribution is -2.51. The van der Waals surface area contributed by atoms with Crippen LogP contribution in [-0.2, 0) is 9.53 Å². The molecule has 3 saturated heterocycles. The van der Waals surface area contributed by atoms with Gasteiger partial charge in [0.25, 0.3) is 0 Å². The number of benzene rings is 1. The highest BCUT2D eigenvalue weighted by molar-refractivity contribution is 5.99. The van der Waals surface area contributed by atoms with Crippen molar-refractivity contribution in [2.24, 2.45) is 23.2 Å². The predicted octanol–water partition coefficient (Wildman–Crippen LogP) is 6.35. The van der Waals surface area contributed by atoms with Crippen LogP contribution in [0.5, 0.6) is 0 Å². The van der Waals surface area contributed by atoms with Gasteiger partial charge in [0.05, 0.1) is 5.41 Å². The maximum absolute atomic E-state index is 13.6. The van der Waals surface area contributed by atoms with Gasteiger partial charge in [-0.15, -0.1) is 0 Å². The molecule has 3 unspecified atom stereocenters. The third-order valence-electron chi connectivity index (χ3n) is 9.39. The molecule has 4 fully saturated rings. The second-order valence-electron chi connectivity index (χ2n) is 11.7. The largest absolute Gasteiger partial charge is 0.381 e. The number of ether oxygens (including phenoxy) is 1. The predicted molar refractivity (Wildman–Crippen MR) is 136 cm³/mol. The first-order valence-electron chi connectivity index (χ1n) is 13.8. The molecule has 0 bridgehead atoms. The van der Waals surface area contributed by atoms with E-state index in [1.807, 2.05) is 0 Å².